The lowest BCUT2D eigenvalue weighted by Gasteiger charge is -2.34. The van der Waals surface area contributed by atoms with Crippen molar-refractivity contribution in [2.75, 3.05) is 6.54 Å². The van der Waals surface area contributed by atoms with Gasteiger partial charge in [-0.3, -0.25) is 24.0 Å². The highest BCUT2D eigenvalue weighted by Crippen LogP contribution is 2.65. The number of carbonyl (C=O) groups is 5. The third kappa shape index (κ3) is 4.65. The number of nitrogens with two attached hydrogens (primary N) is 1. The van der Waals surface area contributed by atoms with Crippen molar-refractivity contribution in [2.24, 2.45) is 34.8 Å². The summed E-state index contributed by atoms with van der Waals surface area (Å²) in [6.45, 7) is 4.05. The molecule has 0 aromatic heterocycles. The lowest BCUT2D eigenvalue weighted by atomic mass is 9.94. The minimum atomic E-state index is -5.14. The van der Waals surface area contributed by atoms with Gasteiger partial charge in [-0.15, -0.1) is 0 Å². The minimum absolute atomic E-state index is 0.0269. The number of hydrogen-bond donors (Lipinski definition) is 4. The number of fused-ring (bicyclic) bond motifs is 1. The van der Waals surface area contributed by atoms with Crippen LogP contribution in [0.4, 0.5) is 13.2 Å². The largest absolute Gasteiger partial charge is 0.471 e. The number of carbonyl (C=O) groups excluding carboxylic acids is 5. The summed E-state index contributed by atoms with van der Waals surface area (Å²) in [6.07, 6.45) is -1.84. The lowest BCUT2D eigenvalue weighted by Crippen LogP contribution is -2.59. The molecule has 37 heavy (non-hydrogen) atoms. The molecule has 10 nitrogen and oxygen atoms in total. The molecule has 204 valence electrons. The first-order chi connectivity index (χ1) is 17.1. The van der Waals surface area contributed by atoms with Crippen LogP contribution in [-0.4, -0.2) is 70.8 Å². The first-order valence-electron chi connectivity index (χ1n) is 12.7. The number of alkyl halides is 3. The van der Waals surface area contributed by atoms with Crippen LogP contribution in [0.15, 0.2) is 0 Å². The maximum absolute atomic E-state index is 13.5. The van der Waals surface area contributed by atoms with Crippen molar-refractivity contribution in [3.8, 4) is 0 Å². The Balaban J connectivity index is 1.31. The molecular weight excluding hydrogens is 495 g/mol. The maximum Gasteiger partial charge on any atom is 0.471 e. The zero-order valence-electron chi connectivity index (χ0n) is 20.7. The predicted molar refractivity (Wildman–Crippen MR) is 121 cm³/mol. The van der Waals surface area contributed by atoms with Crippen molar-refractivity contribution in [3.05, 3.63) is 0 Å². The zero-order chi connectivity index (χ0) is 27.1. The molecule has 5 N–H and O–H groups in total. The molecule has 0 bridgehead atoms. The second-order valence-corrected chi connectivity index (χ2v) is 12.0. The highest BCUT2D eigenvalue weighted by atomic mass is 19.4. The van der Waals surface area contributed by atoms with Crippen molar-refractivity contribution in [2.45, 2.75) is 82.2 Å². The van der Waals surface area contributed by atoms with Crippen LogP contribution >= 0.6 is 0 Å². The number of nitrogens with zero attached hydrogens (tertiary/aromatic N) is 1. The van der Waals surface area contributed by atoms with E-state index < -0.39 is 59.8 Å². The van der Waals surface area contributed by atoms with Crippen molar-refractivity contribution in [3.63, 3.8) is 0 Å². The SMILES string of the molecule is CC1(C)[C@@H]2[C@@H](C(=O)N[C@@H](C[C@@H]3CC4(CC4)NC3=O)C(N)=O)N(C(=O)[C@@H](NC(=O)C(F)(F)F)C3CC3)C[C@@H]21. The van der Waals surface area contributed by atoms with E-state index in [-0.39, 0.29) is 41.7 Å². The summed E-state index contributed by atoms with van der Waals surface area (Å²) in [5, 5.41) is 7.39. The smallest absolute Gasteiger partial charge is 0.368 e. The van der Waals surface area contributed by atoms with Gasteiger partial charge in [-0.2, -0.15) is 13.2 Å². The number of halogens is 3. The molecule has 2 aliphatic heterocycles. The molecule has 5 amide bonds. The molecule has 3 saturated carbocycles. The van der Waals surface area contributed by atoms with Gasteiger partial charge in [0, 0.05) is 18.0 Å². The van der Waals surface area contributed by atoms with E-state index in [4.69, 9.17) is 5.73 Å². The molecule has 0 radical (unpaired) electrons. The summed E-state index contributed by atoms with van der Waals surface area (Å²) in [6, 6.07) is -3.54. The first kappa shape index (κ1) is 25.8. The summed E-state index contributed by atoms with van der Waals surface area (Å²) in [5.74, 6) is -5.78. The fourth-order valence-electron chi connectivity index (χ4n) is 6.46. The Bertz CT molecular complexity index is 1050. The number of hydrogen-bond acceptors (Lipinski definition) is 5. The van der Waals surface area contributed by atoms with Gasteiger partial charge in [0.05, 0.1) is 0 Å². The van der Waals surface area contributed by atoms with E-state index in [1.54, 1.807) is 0 Å². The third-order valence-electron chi connectivity index (χ3n) is 9.09. The fraction of sp³-hybridized carbons (Fsp3) is 0.792. The highest BCUT2D eigenvalue weighted by Gasteiger charge is 2.70. The highest BCUT2D eigenvalue weighted by molar-refractivity contribution is 5.96. The summed E-state index contributed by atoms with van der Waals surface area (Å²) in [5.41, 5.74) is 5.06. The van der Waals surface area contributed by atoms with E-state index in [0.717, 1.165) is 12.8 Å². The molecule has 0 aromatic rings. The van der Waals surface area contributed by atoms with E-state index in [0.29, 0.717) is 19.3 Å². The predicted octanol–water partition coefficient (Wildman–Crippen LogP) is -0.0446. The van der Waals surface area contributed by atoms with Crippen molar-refractivity contribution < 1.29 is 37.1 Å². The van der Waals surface area contributed by atoms with Gasteiger partial charge in [-0.25, -0.2) is 0 Å². The molecule has 2 heterocycles. The average Bonchev–Trinajstić information content (AvgIpc) is 3.74. The van der Waals surface area contributed by atoms with Gasteiger partial charge in [0.2, 0.25) is 23.6 Å². The summed E-state index contributed by atoms with van der Waals surface area (Å²) in [4.78, 5) is 64.4. The molecule has 2 saturated heterocycles. The number of amides is 5. The van der Waals surface area contributed by atoms with Crippen LogP contribution < -0.4 is 21.7 Å². The summed E-state index contributed by atoms with van der Waals surface area (Å²) < 4.78 is 38.7. The zero-order valence-corrected chi connectivity index (χ0v) is 20.7. The molecule has 13 heteroatoms. The van der Waals surface area contributed by atoms with Crippen LogP contribution in [0, 0.1) is 29.1 Å². The Morgan fingerprint density at radius 1 is 1.16 bits per heavy atom. The van der Waals surface area contributed by atoms with E-state index in [2.05, 4.69) is 10.6 Å². The lowest BCUT2D eigenvalue weighted by molar-refractivity contribution is -0.175. The van der Waals surface area contributed by atoms with Crippen LogP contribution in [-0.2, 0) is 24.0 Å². The van der Waals surface area contributed by atoms with E-state index in [1.807, 2.05) is 19.2 Å². The van der Waals surface area contributed by atoms with Gasteiger partial charge in [0.1, 0.15) is 18.1 Å². The van der Waals surface area contributed by atoms with E-state index in [1.165, 1.54) is 4.90 Å². The Hall–Kier alpha value is -2.86. The second-order valence-electron chi connectivity index (χ2n) is 12.0. The summed E-state index contributed by atoms with van der Waals surface area (Å²) >= 11 is 0. The molecule has 1 spiro atoms. The van der Waals surface area contributed by atoms with Crippen LogP contribution in [0.1, 0.15) is 52.4 Å². The van der Waals surface area contributed by atoms with Crippen molar-refractivity contribution in [1.82, 2.24) is 20.9 Å². The number of rotatable bonds is 8. The fourth-order valence-corrected chi connectivity index (χ4v) is 6.46. The number of nitrogens with one attached hydrogen (secondary N) is 3. The van der Waals surface area contributed by atoms with E-state index >= 15 is 0 Å². The maximum atomic E-state index is 13.5. The first-order valence-corrected chi connectivity index (χ1v) is 12.7. The van der Waals surface area contributed by atoms with Gasteiger partial charge < -0.3 is 26.6 Å². The van der Waals surface area contributed by atoms with Gasteiger partial charge in [0.25, 0.3) is 0 Å². The number of likely N-dealkylation sites (tertiary alicyclic amines) is 1. The minimum Gasteiger partial charge on any atom is -0.368 e. The normalized spacial score (nSPS) is 32.2. The molecule has 5 fully saturated rings. The third-order valence-corrected chi connectivity index (χ3v) is 9.09. The van der Waals surface area contributed by atoms with Crippen LogP contribution in [0.25, 0.3) is 0 Å². The van der Waals surface area contributed by atoms with Gasteiger partial charge in [-0.1, -0.05) is 13.8 Å². The van der Waals surface area contributed by atoms with Gasteiger partial charge >= 0.3 is 12.1 Å². The van der Waals surface area contributed by atoms with E-state index in [9.17, 15) is 37.1 Å². The Labute approximate surface area is 211 Å². The molecule has 0 aromatic carbocycles. The molecule has 0 unspecified atom stereocenters. The number of primary amides is 1. The summed E-state index contributed by atoms with van der Waals surface area (Å²) in [7, 11) is 0. The van der Waals surface area contributed by atoms with Crippen LogP contribution in [0.5, 0.6) is 0 Å². The van der Waals surface area contributed by atoms with Crippen LogP contribution in [0.3, 0.4) is 0 Å². The average molecular weight is 528 g/mol. The monoisotopic (exact) mass is 527 g/mol. The Morgan fingerprint density at radius 2 is 1.81 bits per heavy atom. The Kier molecular flexibility index (Phi) is 5.80. The Morgan fingerprint density at radius 3 is 2.32 bits per heavy atom. The second kappa shape index (κ2) is 8.32. The standard InChI is InChI=1S/C24H32F3N5O5/c1-22(2)12-9-32(20(36)15(10-3-4-10)30-21(37)24(25,26)27)16(14(12)22)19(35)29-13(17(28)33)7-11-8-23(5-6-23)31-18(11)34/h10-16H,3-9H2,1-2H3,(H2,28,33)(H,29,35)(H,30,37)(H,31,34)/t11-,12+,13+,14+,15+,16+/m1/s1. The van der Waals surface area contributed by atoms with Crippen molar-refractivity contribution in [1.29, 1.82) is 0 Å². The topological polar surface area (TPSA) is 151 Å². The molecule has 3 aliphatic carbocycles. The molecule has 6 atom stereocenters. The van der Waals surface area contributed by atoms with Crippen molar-refractivity contribution >= 4 is 29.5 Å². The molecule has 5 rings (SSSR count). The molecule has 5 aliphatic rings. The quantitative estimate of drug-likeness (QED) is 0.349. The molecular formula is C24H32F3N5O5. The number of piperidine rings is 1. The van der Waals surface area contributed by atoms with Gasteiger partial charge in [0.15, 0.2) is 0 Å². The van der Waals surface area contributed by atoms with Crippen LogP contribution in [0.2, 0.25) is 0 Å². The van der Waals surface area contributed by atoms with Gasteiger partial charge in [-0.05, 0) is 61.7 Å².